The zero-order chi connectivity index (χ0) is 12.3. The van der Waals surface area contributed by atoms with Crippen molar-refractivity contribution in [2.24, 2.45) is 0 Å². The van der Waals surface area contributed by atoms with Gasteiger partial charge in [0.15, 0.2) is 5.78 Å². The number of halogens is 4. The molecule has 1 rings (SSSR count). The maximum atomic E-state index is 12.3. The Labute approximate surface area is 94.2 Å². The Kier molecular flexibility index (Phi) is 3.55. The summed E-state index contributed by atoms with van der Waals surface area (Å²) < 4.78 is 37.0. The van der Waals surface area contributed by atoms with Crippen molar-refractivity contribution in [2.75, 3.05) is 0 Å². The van der Waals surface area contributed by atoms with Crippen molar-refractivity contribution in [3.63, 3.8) is 0 Å². The van der Waals surface area contributed by atoms with Crippen LogP contribution in [0.1, 0.15) is 22.3 Å². The van der Waals surface area contributed by atoms with E-state index in [-0.39, 0.29) is 10.6 Å². The second-order valence-electron chi connectivity index (χ2n) is 2.95. The summed E-state index contributed by atoms with van der Waals surface area (Å²) in [4.78, 5) is 11.3. The van der Waals surface area contributed by atoms with E-state index in [4.69, 9.17) is 16.9 Å². The first-order chi connectivity index (χ1) is 7.36. The predicted molar refractivity (Wildman–Crippen MR) is 51.0 cm³/mol. The fraction of sp³-hybridized carbons (Fsp3) is 0.200. The molecule has 0 aliphatic rings. The molecular weight excluding hydrogens is 243 g/mol. The minimum atomic E-state index is -4.54. The SMILES string of the molecule is N#CCC(=O)c1cc(C(F)(F)F)ccc1Cl. The molecule has 84 valence electrons. The second-order valence-corrected chi connectivity index (χ2v) is 3.36. The Morgan fingerprint density at radius 2 is 2.06 bits per heavy atom. The van der Waals surface area contributed by atoms with E-state index in [2.05, 4.69) is 0 Å². The van der Waals surface area contributed by atoms with E-state index >= 15 is 0 Å². The van der Waals surface area contributed by atoms with Gasteiger partial charge in [-0.15, -0.1) is 0 Å². The van der Waals surface area contributed by atoms with Crippen LogP contribution in [0, 0.1) is 11.3 Å². The molecule has 1 aromatic carbocycles. The molecule has 0 aliphatic carbocycles. The lowest BCUT2D eigenvalue weighted by atomic mass is 10.1. The average molecular weight is 248 g/mol. The van der Waals surface area contributed by atoms with Gasteiger partial charge in [0.25, 0.3) is 0 Å². The summed E-state index contributed by atoms with van der Waals surface area (Å²) in [7, 11) is 0. The van der Waals surface area contributed by atoms with Gasteiger partial charge in [-0.3, -0.25) is 4.79 Å². The highest BCUT2D eigenvalue weighted by Gasteiger charge is 2.31. The van der Waals surface area contributed by atoms with E-state index in [1.807, 2.05) is 0 Å². The van der Waals surface area contributed by atoms with E-state index < -0.39 is 23.9 Å². The number of rotatable bonds is 2. The first-order valence-corrected chi connectivity index (χ1v) is 4.51. The number of hydrogen-bond donors (Lipinski definition) is 0. The molecule has 0 aromatic heterocycles. The molecule has 6 heteroatoms. The van der Waals surface area contributed by atoms with Crippen LogP contribution in [0.2, 0.25) is 5.02 Å². The Morgan fingerprint density at radius 1 is 1.44 bits per heavy atom. The average Bonchev–Trinajstić information content (AvgIpc) is 2.16. The monoisotopic (exact) mass is 247 g/mol. The standard InChI is InChI=1S/C10H5ClF3NO/c11-8-2-1-6(10(12,13)14)5-7(8)9(16)3-4-15/h1-2,5H,3H2. The lowest BCUT2D eigenvalue weighted by molar-refractivity contribution is -0.137. The minimum absolute atomic E-state index is 0.0896. The van der Waals surface area contributed by atoms with E-state index in [0.717, 1.165) is 12.1 Å². The van der Waals surface area contributed by atoms with Gasteiger partial charge in [0.05, 0.1) is 23.1 Å². The topological polar surface area (TPSA) is 40.9 Å². The van der Waals surface area contributed by atoms with Crippen molar-refractivity contribution in [2.45, 2.75) is 12.6 Å². The van der Waals surface area contributed by atoms with Crippen LogP contribution in [0.15, 0.2) is 18.2 Å². The summed E-state index contributed by atoms with van der Waals surface area (Å²) >= 11 is 5.58. The number of ketones is 1. The Morgan fingerprint density at radius 3 is 2.56 bits per heavy atom. The molecule has 0 aliphatic heterocycles. The molecule has 0 heterocycles. The van der Waals surface area contributed by atoms with Crippen LogP contribution in [0.25, 0.3) is 0 Å². The number of Topliss-reactive ketones (excluding diaryl/α,β-unsaturated/α-hetero) is 1. The molecule has 0 saturated carbocycles. The third-order valence-electron chi connectivity index (χ3n) is 1.83. The van der Waals surface area contributed by atoms with Crippen molar-refractivity contribution in [3.05, 3.63) is 34.3 Å². The molecule has 0 atom stereocenters. The summed E-state index contributed by atoms with van der Waals surface area (Å²) in [5.74, 6) is -0.724. The lowest BCUT2D eigenvalue weighted by Crippen LogP contribution is -2.07. The van der Waals surface area contributed by atoms with Crippen molar-refractivity contribution < 1.29 is 18.0 Å². The molecule has 0 bridgehead atoms. The normalized spacial score (nSPS) is 10.9. The predicted octanol–water partition coefficient (Wildman–Crippen LogP) is 3.46. The van der Waals surface area contributed by atoms with Crippen LogP contribution in [0.3, 0.4) is 0 Å². The molecule has 16 heavy (non-hydrogen) atoms. The van der Waals surface area contributed by atoms with Gasteiger partial charge in [0.1, 0.15) is 0 Å². The van der Waals surface area contributed by atoms with Gasteiger partial charge in [-0.05, 0) is 18.2 Å². The zero-order valence-electron chi connectivity index (χ0n) is 7.81. The van der Waals surface area contributed by atoms with E-state index in [1.165, 1.54) is 0 Å². The van der Waals surface area contributed by atoms with Gasteiger partial charge < -0.3 is 0 Å². The number of nitriles is 1. The van der Waals surface area contributed by atoms with E-state index in [9.17, 15) is 18.0 Å². The number of carbonyl (C=O) groups excluding carboxylic acids is 1. The van der Waals surface area contributed by atoms with Crippen LogP contribution in [-0.4, -0.2) is 5.78 Å². The molecule has 0 saturated heterocycles. The number of hydrogen-bond acceptors (Lipinski definition) is 2. The van der Waals surface area contributed by atoms with E-state index in [1.54, 1.807) is 6.07 Å². The molecule has 2 nitrogen and oxygen atoms in total. The van der Waals surface area contributed by atoms with Gasteiger partial charge in [-0.25, -0.2) is 0 Å². The second kappa shape index (κ2) is 4.54. The smallest absolute Gasteiger partial charge is 0.293 e. The molecule has 0 fully saturated rings. The van der Waals surface area contributed by atoms with Crippen LogP contribution < -0.4 is 0 Å². The third-order valence-corrected chi connectivity index (χ3v) is 2.16. The highest BCUT2D eigenvalue weighted by molar-refractivity contribution is 6.34. The first-order valence-electron chi connectivity index (χ1n) is 4.13. The fourth-order valence-corrected chi connectivity index (χ4v) is 1.31. The van der Waals surface area contributed by atoms with Crippen molar-refractivity contribution >= 4 is 17.4 Å². The molecule has 0 radical (unpaired) electrons. The molecule has 0 unspecified atom stereocenters. The summed E-state index contributed by atoms with van der Waals surface area (Å²) in [6.45, 7) is 0. The number of nitrogens with zero attached hydrogens (tertiary/aromatic N) is 1. The molecule has 0 spiro atoms. The quantitative estimate of drug-likeness (QED) is 0.751. The van der Waals surface area contributed by atoms with Gasteiger partial charge >= 0.3 is 6.18 Å². The van der Waals surface area contributed by atoms with Crippen molar-refractivity contribution in [1.82, 2.24) is 0 Å². The number of benzene rings is 1. The van der Waals surface area contributed by atoms with Gasteiger partial charge in [-0.2, -0.15) is 18.4 Å². The molecule has 1 aromatic rings. The minimum Gasteiger partial charge on any atom is -0.293 e. The summed E-state index contributed by atoms with van der Waals surface area (Å²) in [6, 6.07) is 3.99. The molecular formula is C10H5ClF3NO. The Bertz CT molecular complexity index is 462. The summed E-state index contributed by atoms with van der Waals surface area (Å²) in [5, 5.41) is 8.19. The maximum Gasteiger partial charge on any atom is 0.416 e. The molecule has 0 N–H and O–H groups in total. The summed E-state index contributed by atoms with van der Waals surface area (Å²) in [6.07, 6.45) is -5.03. The Balaban J connectivity index is 3.20. The number of alkyl halides is 3. The largest absolute Gasteiger partial charge is 0.416 e. The Hall–Kier alpha value is -1.54. The van der Waals surface area contributed by atoms with Crippen molar-refractivity contribution in [1.29, 1.82) is 5.26 Å². The highest BCUT2D eigenvalue weighted by Crippen LogP contribution is 2.32. The number of carbonyl (C=O) groups is 1. The molecule has 0 amide bonds. The lowest BCUT2D eigenvalue weighted by Gasteiger charge is -2.08. The highest BCUT2D eigenvalue weighted by atomic mass is 35.5. The fourth-order valence-electron chi connectivity index (χ4n) is 1.08. The van der Waals surface area contributed by atoms with Crippen LogP contribution in [0.5, 0.6) is 0 Å². The summed E-state index contributed by atoms with van der Waals surface area (Å²) in [5.41, 5.74) is -1.24. The van der Waals surface area contributed by atoms with Crippen LogP contribution in [-0.2, 0) is 6.18 Å². The van der Waals surface area contributed by atoms with E-state index in [0.29, 0.717) is 6.07 Å². The van der Waals surface area contributed by atoms with Crippen LogP contribution in [0.4, 0.5) is 13.2 Å². The van der Waals surface area contributed by atoms with Gasteiger partial charge in [0.2, 0.25) is 0 Å². The maximum absolute atomic E-state index is 12.3. The third kappa shape index (κ3) is 2.74. The van der Waals surface area contributed by atoms with Crippen molar-refractivity contribution in [3.8, 4) is 6.07 Å². The van der Waals surface area contributed by atoms with Gasteiger partial charge in [-0.1, -0.05) is 11.6 Å². The van der Waals surface area contributed by atoms with Crippen LogP contribution >= 0.6 is 11.6 Å². The van der Waals surface area contributed by atoms with Gasteiger partial charge in [0, 0.05) is 5.56 Å². The zero-order valence-corrected chi connectivity index (χ0v) is 8.56. The first kappa shape index (κ1) is 12.5.